The Morgan fingerprint density at radius 2 is 1.73 bits per heavy atom. The first-order valence-corrected chi connectivity index (χ1v) is 10.6. The smallest absolute Gasteiger partial charge is 0.257 e. The van der Waals surface area contributed by atoms with E-state index in [0.29, 0.717) is 46.5 Å². The van der Waals surface area contributed by atoms with Crippen LogP contribution in [-0.2, 0) is 6.42 Å². The van der Waals surface area contributed by atoms with Gasteiger partial charge in [-0.05, 0) is 48.7 Å². The molecule has 0 radical (unpaired) electrons. The molecule has 3 aromatic rings. The molecule has 1 aromatic heterocycles. The van der Waals surface area contributed by atoms with Gasteiger partial charge in [-0.3, -0.25) is 14.6 Å². The molecule has 33 heavy (non-hydrogen) atoms. The largest absolute Gasteiger partial charge is 0.496 e. The highest BCUT2D eigenvalue weighted by atomic mass is 16.5. The molecule has 3 rings (SSSR count). The van der Waals surface area contributed by atoms with Crippen LogP contribution in [0, 0.1) is 5.92 Å². The van der Waals surface area contributed by atoms with Crippen LogP contribution in [0.2, 0.25) is 0 Å². The van der Waals surface area contributed by atoms with Crippen LogP contribution in [0.3, 0.4) is 0 Å². The molecular formula is C25H28N4O4. The highest BCUT2D eigenvalue weighted by Crippen LogP contribution is 2.36. The van der Waals surface area contributed by atoms with Crippen molar-refractivity contribution < 1.29 is 19.1 Å². The van der Waals surface area contributed by atoms with Crippen LogP contribution in [0.15, 0.2) is 55.0 Å². The first kappa shape index (κ1) is 23.7. The van der Waals surface area contributed by atoms with Gasteiger partial charge in [0.2, 0.25) is 0 Å². The van der Waals surface area contributed by atoms with Gasteiger partial charge in [0.15, 0.2) is 5.82 Å². The molecule has 0 bridgehead atoms. The second kappa shape index (κ2) is 10.6. The lowest BCUT2D eigenvalue weighted by molar-refractivity contribution is 0.0827. The van der Waals surface area contributed by atoms with E-state index in [4.69, 9.17) is 9.47 Å². The minimum absolute atomic E-state index is 0.0913. The number of anilines is 1. The summed E-state index contributed by atoms with van der Waals surface area (Å²) in [5, 5.41) is 2.73. The van der Waals surface area contributed by atoms with Gasteiger partial charge >= 0.3 is 0 Å². The quantitative estimate of drug-likeness (QED) is 0.548. The Morgan fingerprint density at radius 3 is 2.30 bits per heavy atom. The van der Waals surface area contributed by atoms with Gasteiger partial charge in [-0.25, -0.2) is 4.98 Å². The Balaban J connectivity index is 1.96. The van der Waals surface area contributed by atoms with Gasteiger partial charge in [0, 0.05) is 43.2 Å². The van der Waals surface area contributed by atoms with Crippen molar-refractivity contribution in [3.05, 3.63) is 71.7 Å². The molecule has 0 saturated heterocycles. The number of nitrogens with one attached hydrogen (secondary N) is 1. The summed E-state index contributed by atoms with van der Waals surface area (Å²) < 4.78 is 11.8. The number of benzene rings is 2. The maximum Gasteiger partial charge on any atom is 0.257 e. The summed E-state index contributed by atoms with van der Waals surface area (Å²) >= 11 is 0. The number of hydrogen-bond acceptors (Lipinski definition) is 6. The van der Waals surface area contributed by atoms with E-state index in [-0.39, 0.29) is 11.8 Å². The molecule has 2 aromatic carbocycles. The minimum Gasteiger partial charge on any atom is -0.496 e. The third-order valence-electron chi connectivity index (χ3n) is 4.80. The van der Waals surface area contributed by atoms with Crippen LogP contribution < -0.4 is 14.8 Å². The molecule has 0 saturated carbocycles. The van der Waals surface area contributed by atoms with E-state index < -0.39 is 0 Å². The fraction of sp³-hybridized carbons (Fsp3) is 0.280. The second-order valence-corrected chi connectivity index (χ2v) is 8.12. The van der Waals surface area contributed by atoms with Gasteiger partial charge in [-0.2, -0.15) is 0 Å². The molecule has 8 heteroatoms. The molecule has 1 N–H and O–H groups in total. The monoisotopic (exact) mass is 448 g/mol. The van der Waals surface area contributed by atoms with Crippen molar-refractivity contribution in [1.82, 2.24) is 14.9 Å². The van der Waals surface area contributed by atoms with Gasteiger partial charge in [0.25, 0.3) is 11.8 Å². The number of carbonyl (C=O) groups excluding carboxylic acids is 2. The van der Waals surface area contributed by atoms with Crippen molar-refractivity contribution >= 4 is 17.6 Å². The van der Waals surface area contributed by atoms with Crippen molar-refractivity contribution in [2.75, 3.05) is 26.5 Å². The molecule has 0 aliphatic heterocycles. The lowest BCUT2D eigenvalue weighted by atomic mass is 9.99. The number of methoxy groups -OCH3 is 1. The molecule has 0 unspecified atom stereocenters. The summed E-state index contributed by atoms with van der Waals surface area (Å²) in [6, 6.07) is 10.3. The molecule has 0 atom stereocenters. The van der Waals surface area contributed by atoms with E-state index >= 15 is 0 Å². The van der Waals surface area contributed by atoms with E-state index in [1.54, 1.807) is 57.6 Å². The SMILES string of the molecule is COc1cc(C(=O)Nc2cnccn2)cc(Oc2ccc(C(=O)N(C)C)cc2)c1CC(C)C. The summed E-state index contributed by atoms with van der Waals surface area (Å²) in [6.45, 7) is 4.19. The van der Waals surface area contributed by atoms with Crippen molar-refractivity contribution in [3.8, 4) is 17.2 Å². The predicted molar refractivity (Wildman–Crippen MR) is 126 cm³/mol. The highest BCUT2D eigenvalue weighted by molar-refractivity contribution is 6.04. The number of rotatable bonds is 8. The third-order valence-corrected chi connectivity index (χ3v) is 4.80. The topological polar surface area (TPSA) is 93.6 Å². The second-order valence-electron chi connectivity index (χ2n) is 8.12. The molecule has 2 amide bonds. The van der Waals surface area contributed by atoms with Crippen LogP contribution in [-0.4, -0.2) is 47.9 Å². The van der Waals surface area contributed by atoms with Gasteiger partial charge in [0.1, 0.15) is 17.2 Å². The molecule has 0 aliphatic carbocycles. The Bertz CT molecular complexity index is 1110. The predicted octanol–water partition coefficient (Wildman–Crippen LogP) is 4.43. The Kier molecular flexibility index (Phi) is 7.61. The Morgan fingerprint density at radius 1 is 1.03 bits per heavy atom. The molecule has 0 aliphatic rings. The molecule has 1 heterocycles. The molecule has 8 nitrogen and oxygen atoms in total. The fourth-order valence-electron chi connectivity index (χ4n) is 3.24. The van der Waals surface area contributed by atoms with E-state index in [1.165, 1.54) is 23.5 Å². The zero-order valence-corrected chi connectivity index (χ0v) is 19.5. The zero-order valence-electron chi connectivity index (χ0n) is 19.5. The Labute approximate surface area is 193 Å². The minimum atomic E-state index is -0.360. The number of hydrogen-bond donors (Lipinski definition) is 1. The lowest BCUT2D eigenvalue weighted by Crippen LogP contribution is -2.21. The molecule has 0 spiro atoms. The summed E-state index contributed by atoms with van der Waals surface area (Å²) in [4.78, 5) is 34.6. The van der Waals surface area contributed by atoms with E-state index in [9.17, 15) is 9.59 Å². The zero-order chi connectivity index (χ0) is 24.0. The van der Waals surface area contributed by atoms with Gasteiger partial charge < -0.3 is 19.7 Å². The number of aromatic nitrogens is 2. The number of amides is 2. The highest BCUT2D eigenvalue weighted by Gasteiger charge is 2.19. The number of nitrogens with zero attached hydrogens (tertiary/aromatic N) is 3. The first-order valence-electron chi connectivity index (χ1n) is 10.6. The maximum atomic E-state index is 12.9. The Hall–Kier alpha value is -3.94. The standard InChI is InChI=1S/C25H28N4O4/c1-16(2)12-20-21(32-5)13-18(24(30)28-23-15-26-10-11-27-23)14-22(20)33-19-8-6-17(7-9-19)25(31)29(3)4/h6-11,13-16H,12H2,1-5H3,(H,27,28,30). The summed E-state index contributed by atoms with van der Waals surface area (Å²) in [7, 11) is 4.97. The van der Waals surface area contributed by atoms with Crippen molar-refractivity contribution in [2.24, 2.45) is 5.92 Å². The summed E-state index contributed by atoms with van der Waals surface area (Å²) in [5.41, 5.74) is 1.78. The van der Waals surface area contributed by atoms with Crippen LogP contribution in [0.4, 0.5) is 5.82 Å². The van der Waals surface area contributed by atoms with Crippen molar-refractivity contribution in [1.29, 1.82) is 0 Å². The average Bonchev–Trinajstić information content (AvgIpc) is 2.80. The van der Waals surface area contributed by atoms with Crippen LogP contribution in [0.25, 0.3) is 0 Å². The molecule has 0 fully saturated rings. The number of ether oxygens (including phenoxy) is 2. The maximum absolute atomic E-state index is 12.9. The lowest BCUT2D eigenvalue weighted by Gasteiger charge is -2.18. The van der Waals surface area contributed by atoms with Crippen LogP contribution in [0.1, 0.15) is 40.1 Å². The summed E-state index contributed by atoms with van der Waals surface area (Å²) in [6.07, 6.45) is 5.20. The van der Waals surface area contributed by atoms with Gasteiger partial charge in [-0.15, -0.1) is 0 Å². The normalized spacial score (nSPS) is 10.6. The van der Waals surface area contributed by atoms with Gasteiger partial charge in [0.05, 0.1) is 13.3 Å². The average molecular weight is 449 g/mol. The van der Waals surface area contributed by atoms with E-state index in [0.717, 1.165) is 5.56 Å². The molecular weight excluding hydrogens is 420 g/mol. The molecule has 172 valence electrons. The first-order chi connectivity index (χ1) is 15.8. The van der Waals surface area contributed by atoms with Crippen LogP contribution >= 0.6 is 0 Å². The number of carbonyl (C=O) groups is 2. The fourth-order valence-corrected chi connectivity index (χ4v) is 3.24. The van der Waals surface area contributed by atoms with E-state index in [2.05, 4.69) is 29.1 Å². The van der Waals surface area contributed by atoms with Crippen molar-refractivity contribution in [2.45, 2.75) is 20.3 Å². The van der Waals surface area contributed by atoms with Crippen molar-refractivity contribution in [3.63, 3.8) is 0 Å². The summed E-state index contributed by atoms with van der Waals surface area (Å²) in [5.74, 6) is 1.85. The van der Waals surface area contributed by atoms with E-state index in [1.807, 2.05) is 0 Å². The van der Waals surface area contributed by atoms with Gasteiger partial charge in [-0.1, -0.05) is 13.8 Å². The third kappa shape index (κ3) is 6.06. The van der Waals surface area contributed by atoms with Crippen LogP contribution in [0.5, 0.6) is 17.2 Å².